The van der Waals surface area contributed by atoms with Crippen LogP contribution in [0.25, 0.3) is 16.6 Å². The summed E-state index contributed by atoms with van der Waals surface area (Å²) in [5, 5.41) is 1.31. The minimum atomic E-state index is 1.09. The molecule has 1 aliphatic heterocycles. The van der Waals surface area contributed by atoms with E-state index in [9.17, 15) is 0 Å². The van der Waals surface area contributed by atoms with E-state index in [4.69, 9.17) is 0 Å². The molecule has 0 saturated carbocycles. The van der Waals surface area contributed by atoms with Gasteiger partial charge in [-0.15, -0.1) is 0 Å². The Balaban J connectivity index is 2.21. The summed E-state index contributed by atoms with van der Waals surface area (Å²) in [6, 6.07) is 17.2. The molecule has 0 amide bonds. The molecule has 92 valence electrons. The summed E-state index contributed by atoms with van der Waals surface area (Å²) < 4.78 is 2.32. The third-order valence-corrected chi connectivity index (χ3v) is 3.93. The van der Waals surface area contributed by atoms with E-state index < -0.39 is 0 Å². The molecule has 3 aromatic rings. The molecular formula is C17H14N2. The van der Waals surface area contributed by atoms with Gasteiger partial charge in [0.2, 0.25) is 0 Å². The van der Waals surface area contributed by atoms with Crippen LogP contribution in [0.4, 0.5) is 0 Å². The number of nitrogens with zero attached hydrogens (tertiary/aromatic N) is 2. The maximum Gasteiger partial charge on any atom is 0.0904 e. The van der Waals surface area contributed by atoms with Gasteiger partial charge in [0, 0.05) is 18.0 Å². The van der Waals surface area contributed by atoms with E-state index in [-0.39, 0.29) is 0 Å². The van der Waals surface area contributed by atoms with Gasteiger partial charge in [0.05, 0.1) is 22.6 Å². The highest BCUT2D eigenvalue weighted by Gasteiger charge is 2.26. The number of rotatable bonds is 0. The van der Waals surface area contributed by atoms with Crippen LogP contribution in [-0.2, 0) is 0 Å². The SMILES string of the molecule is CN=C1c2ccccc2-n2c1cc1c(C)cccc12. The Hall–Kier alpha value is -2.35. The minimum Gasteiger partial charge on any atom is -0.307 e. The second-order valence-corrected chi connectivity index (χ2v) is 4.96. The molecule has 2 aromatic carbocycles. The first kappa shape index (κ1) is 10.6. The predicted molar refractivity (Wildman–Crippen MR) is 79.6 cm³/mol. The first-order chi connectivity index (χ1) is 9.31. The largest absolute Gasteiger partial charge is 0.307 e. The fraction of sp³-hybridized carbons (Fsp3) is 0.118. The van der Waals surface area contributed by atoms with Crippen molar-refractivity contribution in [1.82, 2.24) is 4.57 Å². The monoisotopic (exact) mass is 246 g/mol. The van der Waals surface area contributed by atoms with Crippen LogP contribution in [0.1, 0.15) is 16.8 Å². The average Bonchev–Trinajstić information content (AvgIpc) is 2.94. The molecule has 0 unspecified atom stereocenters. The highest BCUT2D eigenvalue weighted by atomic mass is 15.0. The zero-order chi connectivity index (χ0) is 13.0. The predicted octanol–water partition coefficient (Wildman–Crippen LogP) is 3.72. The van der Waals surface area contributed by atoms with Crippen LogP contribution >= 0.6 is 0 Å². The lowest BCUT2D eigenvalue weighted by Crippen LogP contribution is -1.97. The Morgan fingerprint density at radius 2 is 1.84 bits per heavy atom. The molecule has 4 rings (SSSR count). The Morgan fingerprint density at radius 3 is 2.68 bits per heavy atom. The quantitative estimate of drug-likeness (QED) is 0.450. The molecule has 1 aliphatic rings. The Kier molecular flexibility index (Phi) is 1.99. The van der Waals surface area contributed by atoms with Crippen molar-refractivity contribution in [2.75, 3.05) is 7.05 Å². The molecule has 0 radical (unpaired) electrons. The van der Waals surface area contributed by atoms with Crippen molar-refractivity contribution in [3.05, 3.63) is 65.4 Å². The van der Waals surface area contributed by atoms with E-state index in [2.05, 4.69) is 65.0 Å². The number of aryl methyl sites for hydroxylation is 1. The average molecular weight is 246 g/mol. The minimum absolute atomic E-state index is 1.09. The third-order valence-electron chi connectivity index (χ3n) is 3.93. The first-order valence-corrected chi connectivity index (χ1v) is 6.49. The molecule has 0 spiro atoms. The zero-order valence-corrected chi connectivity index (χ0v) is 11.0. The lowest BCUT2D eigenvalue weighted by atomic mass is 10.1. The van der Waals surface area contributed by atoms with Crippen molar-refractivity contribution in [2.24, 2.45) is 4.99 Å². The lowest BCUT2D eigenvalue weighted by molar-refractivity contribution is 1.14. The second-order valence-electron chi connectivity index (χ2n) is 4.96. The Bertz CT molecular complexity index is 838. The van der Waals surface area contributed by atoms with E-state index in [1.807, 2.05) is 7.05 Å². The molecule has 19 heavy (non-hydrogen) atoms. The lowest BCUT2D eigenvalue weighted by Gasteiger charge is -2.04. The Morgan fingerprint density at radius 1 is 1.00 bits per heavy atom. The normalized spacial score (nSPS) is 14.9. The molecule has 2 heteroatoms. The zero-order valence-electron chi connectivity index (χ0n) is 11.0. The maximum atomic E-state index is 4.49. The molecule has 0 saturated heterocycles. The number of hydrogen-bond donors (Lipinski definition) is 0. The van der Waals surface area contributed by atoms with E-state index >= 15 is 0 Å². The fourth-order valence-electron chi connectivity index (χ4n) is 3.05. The summed E-state index contributed by atoms with van der Waals surface area (Å²) in [5.41, 5.74) is 7.33. The highest BCUT2D eigenvalue weighted by molar-refractivity contribution is 6.20. The van der Waals surface area contributed by atoms with Gasteiger partial charge in [-0.3, -0.25) is 4.99 Å². The Labute approximate surface area is 112 Å². The van der Waals surface area contributed by atoms with Crippen molar-refractivity contribution in [2.45, 2.75) is 6.92 Å². The summed E-state index contributed by atoms with van der Waals surface area (Å²) in [6.07, 6.45) is 0. The number of aromatic nitrogens is 1. The van der Waals surface area contributed by atoms with Gasteiger partial charge in [0.15, 0.2) is 0 Å². The standard InChI is InChI=1S/C17H14N2/c1-11-6-5-9-15-13(11)10-16-17(18-2)12-7-3-4-8-14(12)19(15)16/h3-10H,1-2H3. The van der Waals surface area contributed by atoms with Gasteiger partial charge in [0.1, 0.15) is 0 Å². The molecule has 0 N–H and O–H groups in total. The van der Waals surface area contributed by atoms with Gasteiger partial charge in [-0.25, -0.2) is 0 Å². The summed E-state index contributed by atoms with van der Waals surface area (Å²) in [4.78, 5) is 4.49. The summed E-state index contributed by atoms with van der Waals surface area (Å²) >= 11 is 0. The number of aliphatic imine (C=N–C) groups is 1. The molecule has 0 atom stereocenters. The van der Waals surface area contributed by atoms with Crippen LogP contribution in [0.2, 0.25) is 0 Å². The van der Waals surface area contributed by atoms with Crippen LogP contribution in [0.15, 0.2) is 53.5 Å². The van der Waals surface area contributed by atoms with Crippen molar-refractivity contribution >= 4 is 16.6 Å². The van der Waals surface area contributed by atoms with Gasteiger partial charge in [-0.2, -0.15) is 0 Å². The van der Waals surface area contributed by atoms with Gasteiger partial charge in [0.25, 0.3) is 0 Å². The van der Waals surface area contributed by atoms with Gasteiger partial charge < -0.3 is 4.57 Å². The molecule has 0 fully saturated rings. The van der Waals surface area contributed by atoms with Crippen LogP contribution in [0.5, 0.6) is 0 Å². The molecule has 0 aliphatic carbocycles. The number of benzene rings is 2. The summed E-state index contributed by atoms with van der Waals surface area (Å²) in [5.74, 6) is 0. The van der Waals surface area contributed by atoms with Crippen LogP contribution in [0.3, 0.4) is 0 Å². The molecule has 2 nitrogen and oxygen atoms in total. The first-order valence-electron chi connectivity index (χ1n) is 6.49. The van der Waals surface area contributed by atoms with Crippen molar-refractivity contribution in [3.8, 4) is 5.69 Å². The van der Waals surface area contributed by atoms with E-state index in [1.165, 1.54) is 33.4 Å². The topological polar surface area (TPSA) is 17.3 Å². The van der Waals surface area contributed by atoms with Crippen LogP contribution in [0, 0.1) is 6.92 Å². The smallest absolute Gasteiger partial charge is 0.0904 e. The summed E-state index contributed by atoms with van der Waals surface area (Å²) in [7, 11) is 1.87. The fourth-order valence-corrected chi connectivity index (χ4v) is 3.05. The van der Waals surface area contributed by atoms with Crippen molar-refractivity contribution in [3.63, 3.8) is 0 Å². The number of fused-ring (bicyclic) bond motifs is 5. The van der Waals surface area contributed by atoms with Gasteiger partial charge in [-0.1, -0.05) is 30.3 Å². The van der Waals surface area contributed by atoms with E-state index in [1.54, 1.807) is 0 Å². The molecule has 2 heterocycles. The van der Waals surface area contributed by atoms with Gasteiger partial charge in [-0.05, 0) is 30.7 Å². The van der Waals surface area contributed by atoms with E-state index in [0.717, 1.165) is 5.71 Å². The highest BCUT2D eigenvalue weighted by Crippen LogP contribution is 2.35. The third kappa shape index (κ3) is 1.23. The van der Waals surface area contributed by atoms with Crippen molar-refractivity contribution in [1.29, 1.82) is 0 Å². The van der Waals surface area contributed by atoms with Crippen molar-refractivity contribution < 1.29 is 0 Å². The van der Waals surface area contributed by atoms with Gasteiger partial charge >= 0.3 is 0 Å². The van der Waals surface area contributed by atoms with Crippen LogP contribution in [-0.4, -0.2) is 17.3 Å². The molecule has 0 bridgehead atoms. The maximum absolute atomic E-state index is 4.49. The number of para-hydroxylation sites is 1. The number of hydrogen-bond acceptors (Lipinski definition) is 1. The van der Waals surface area contributed by atoms with E-state index in [0.29, 0.717) is 0 Å². The molecular weight excluding hydrogens is 232 g/mol. The summed E-state index contributed by atoms with van der Waals surface area (Å²) in [6.45, 7) is 2.16. The second kappa shape index (κ2) is 3.58. The molecule has 1 aromatic heterocycles. The van der Waals surface area contributed by atoms with Crippen LogP contribution < -0.4 is 0 Å².